The van der Waals surface area contributed by atoms with E-state index in [1.807, 2.05) is 32.0 Å². The van der Waals surface area contributed by atoms with Crippen LogP contribution >= 0.6 is 0 Å². The number of carbonyl (C=O) groups is 2. The maximum atomic E-state index is 11.7. The summed E-state index contributed by atoms with van der Waals surface area (Å²) in [5.41, 5.74) is 1.03. The molecule has 128 valence electrons. The van der Waals surface area contributed by atoms with Crippen LogP contribution in [0.4, 0.5) is 0 Å². The SMILES string of the molecule is COc1ccc(CCNC(=O)CNC(=O)CC(C)C)cc1OC. The summed E-state index contributed by atoms with van der Waals surface area (Å²) in [6.07, 6.45) is 1.10. The molecule has 23 heavy (non-hydrogen) atoms. The lowest BCUT2D eigenvalue weighted by atomic mass is 10.1. The zero-order valence-corrected chi connectivity index (χ0v) is 14.3. The topological polar surface area (TPSA) is 76.7 Å². The van der Waals surface area contributed by atoms with Gasteiger partial charge in [-0.3, -0.25) is 9.59 Å². The summed E-state index contributed by atoms with van der Waals surface area (Å²) in [5.74, 6) is 1.33. The molecule has 0 radical (unpaired) electrons. The summed E-state index contributed by atoms with van der Waals surface area (Å²) >= 11 is 0. The molecular formula is C17H26N2O4. The molecule has 0 atom stereocenters. The minimum Gasteiger partial charge on any atom is -0.493 e. The first kappa shape index (κ1) is 18.8. The van der Waals surface area contributed by atoms with Gasteiger partial charge in [0.05, 0.1) is 20.8 Å². The first-order chi connectivity index (χ1) is 11.0. The Kier molecular flexibility index (Phi) is 7.94. The summed E-state index contributed by atoms with van der Waals surface area (Å²) < 4.78 is 10.4. The Labute approximate surface area is 137 Å². The van der Waals surface area contributed by atoms with Crippen LogP contribution in [0, 0.1) is 5.92 Å². The molecule has 0 heterocycles. The first-order valence-corrected chi connectivity index (χ1v) is 7.70. The zero-order chi connectivity index (χ0) is 17.2. The van der Waals surface area contributed by atoms with Crippen molar-refractivity contribution in [2.24, 2.45) is 5.92 Å². The standard InChI is InChI=1S/C17H26N2O4/c1-12(2)9-16(20)19-11-17(21)18-8-7-13-5-6-14(22-3)15(10-13)23-4/h5-6,10,12H,7-9,11H2,1-4H3,(H,18,21)(H,19,20). The maximum absolute atomic E-state index is 11.7. The molecular weight excluding hydrogens is 296 g/mol. The predicted molar refractivity (Wildman–Crippen MR) is 88.7 cm³/mol. The van der Waals surface area contributed by atoms with Crippen LogP contribution < -0.4 is 20.1 Å². The van der Waals surface area contributed by atoms with Crippen LogP contribution in [0.3, 0.4) is 0 Å². The molecule has 0 aliphatic heterocycles. The number of methoxy groups -OCH3 is 2. The van der Waals surface area contributed by atoms with Crippen molar-refractivity contribution in [3.63, 3.8) is 0 Å². The van der Waals surface area contributed by atoms with Gasteiger partial charge in [-0.15, -0.1) is 0 Å². The van der Waals surface area contributed by atoms with Gasteiger partial charge in [-0.05, 0) is 30.0 Å². The lowest BCUT2D eigenvalue weighted by molar-refractivity contribution is -0.126. The van der Waals surface area contributed by atoms with E-state index in [0.717, 1.165) is 5.56 Å². The number of amides is 2. The Hall–Kier alpha value is -2.24. The monoisotopic (exact) mass is 322 g/mol. The Morgan fingerprint density at radius 3 is 2.35 bits per heavy atom. The summed E-state index contributed by atoms with van der Waals surface area (Å²) in [4.78, 5) is 23.1. The highest BCUT2D eigenvalue weighted by molar-refractivity contribution is 5.84. The van der Waals surface area contributed by atoms with E-state index in [-0.39, 0.29) is 24.3 Å². The van der Waals surface area contributed by atoms with Crippen molar-refractivity contribution >= 4 is 11.8 Å². The quantitative estimate of drug-likeness (QED) is 0.723. The summed E-state index contributed by atoms with van der Waals surface area (Å²) in [6, 6.07) is 5.65. The molecule has 0 saturated carbocycles. The Bertz CT molecular complexity index is 529. The fraction of sp³-hybridized carbons (Fsp3) is 0.529. The summed E-state index contributed by atoms with van der Waals surface area (Å²) in [5, 5.41) is 5.39. The Balaban J connectivity index is 2.33. The van der Waals surface area contributed by atoms with E-state index in [9.17, 15) is 9.59 Å². The lowest BCUT2D eigenvalue weighted by Gasteiger charge is -2.10. The van der Waals surface area contributed by atoms with Gasteiger partial charge in [0.25, 0.3) is 0 Å². The number of ether oxygens (including phenoxy) is 2. The molecule has 1 aromatic carbocycles. The average molecular weight is 322 g/mol. The van der Waals surface area contributed by atoms with Gasteiger partial charge in [0, 0.05) is 13.0 Å². The largest absolute Gasteiger partial charge is 0.493 e. The lowest BCUT2D eigenvalue weighted by Crippen LogP contribution is -2.38. The van der Waals surface area contributed by atoms with E-state index in [2.05, 4.69) is 10.6 Å². The van der Waals surface area contributed by atoms with Gasteiger partial charge in [0.2, 0.25) is 11.8 Å². The number of hydrogen-bond donors (Lipinski definition) is 2. The van der Waals surface area contributed by atoms with Crippen molar-refractivity contribution in [3.8, 4) is 11.5 Å². The van der Waals surface area contributed by atoms with Crippen molar-refractivity contribution in [3.05, 3.63) is 23.8 Å². The molecule has 0 saturated heterocycles. The molecule has 2 amide bonds. The van der Waals surface area contributed by atoms with Crippen molar-refractivity contribution in [1.29, 1.82) is 0 Å². The zero-order valence-electron chi connectivity index (χ0n) is 14.3. The van der Waals surface area contributed by atoms with Gasteiger partial charge in [-0.25, -0.2) is 0 Å². The Morgan fingerprint density at radius 1 is 1.04 bits per heavy atom. The van der Waals surface area contributed by atoms with Gasteiger partial charge >= 0.3 is 0 Å². The molecule has 0 spiro atoms. The van der Waals surface area contributed by atoms with Crippen LogP contribution in [0.5, 0.6) is 11.5 Å². The van der Waals surface area contributed by atoms with E-state index in [0.29, 0.717) is 30.9 Å². The predicted octanol–water partition coefficient (Wildman–Crippen LogP) is 1.52. The number of nitrogens with one attached hydrogen (secondary N) is 2. The normalized spacial score (nSPS) is 10.3. The molecule has 6 heteroatoms. The van der Waals surface area contributed by atoms with E-state index in [1.54, 1.807) is 14.2 Å². The third kappa shape index (κ3) is 7.04. The molecule has 1 rings (SSSR count). The second-order valence-corrected chi connectivity index (χ2v) is 5.66. The van der Waals surface area contributed by atoms with Gasteiger partial charge < -0.3 is 20.1 Å². The summed E-state index contributed by atoms with van der Waals surface area (Å²) in [7, 11) is 3.18. The van der Waals surface area contributed by atoms with E-state index < -0.39 is 0 Å². The van der Waals surface area contributed by atoms with Crippen LogP contribution in [0.25, 0.3) is 0 Å². The molecule has 0 fully saturated rings. The number of benzene rings is 1. The molecule has 0 unspecified atom stereocenters. The number of hydrogen-bond acceptors (Lipinski definition) is 4. The average Bonchev–Trinajstić information content (AvgIpc) is 2.52. The highest BCUT2D eigenvalue weighted by Crippen LogP contribution is 2.27. The molecule has 0 aliphatic rings. The van der Waals surface area contributed by atoms with Crippen molar-refractivity contribution in [2.45, 2.75) is 26.7 Å². The fourth-order valence-corrected chi connectivity index (χ4v) is 2.07. The third-order valence-electron chi connectivity index (χ3n) is 3.22. The van der Waals surface area contributed by atoms with Crippen molar-refractivity contribution in [1.82, 2.24) is 10.6 Å². The van der Waals surface area contributed by atoms with E-state index in [4.69, 9.17) is 9.47 Å². The molecule has 0 bridgehead atoms. The Morgan fingerprint density at radius 2 is 1.74 bits per heavy atom. The number of rotatable bonds is 9. The van der Waals surface area contributed by atoms with Gasteiger partial charge in [0.1, 0.15) is 0 Å². The van der Waals surface area contributed by atoms with E-state index in [1.165, 1.54) is 0 Å². The van der Waals surface area contributed by atoms with Gasteiger partial charge in [-0.1, -0.05) is 19.9 Å². The van der Waals surface area contributed by atoms with Crippen molar-refractivity contribution in [2.75, 3.05) is 27.3 Å². The minimum atomic E-state index is -0.192. The molecule has 6 nitrogen and oxygen atoms in total. The fourth-order valence-electron chi connectivity index (χ4n) is 2.07. The second-order valence-electron chi connectivity index (χ2n) is 5.66. The van der Waals surface area contributed by atoms with Crippen molar-refractivity contribution < 1.29 is 19.1 Å². The van der Waals surface area contributed by atoms with E-state index >= 15 is 0 Å². The minimum absolute atomic E-state index is 0.0114. The molecule has 0 aliphatic carbocycles. The first-order valence-electron chi connectivity index (χ1n) is 7.70. The second kappa shape index (κ2) is 9.71. The van der Waals surface area contributed by atoms with Crippen LogP contribution in [0.2, 0.25) is 0 Å². The number of carbonyl (C=O) groups excluding carboxylic acids is 2. The van der Waals surface area contributed by atoms with Crippen LogP contribution in [-0.2, 0) is 16.0 Å². The molecule has 1 aromatic rings. The van der Waals surface area contributed by atoms with Crippen LogP contribution in [-0.4, -0.2) is 39.1 Å². The maximum Gasteiger partial charge on any atom is 0.239 e. The summed E-state index contributed by atoms with van der Waals surface area (Å²) in [6.45, 7) is 4.43. The van der Waals surface area contributed by atoms with Crippen LogP contribution in [0.1, 0.15) is 25.8 Å². The smallest absolute Gasteiger partial charge is 0.239 e. The molecule has 0 aromatic heterocycles. The van der Waals surface area contributed by atoms with Gasteiger partial charge in [0.15, 0.2) is 11.5 Å². The highest BCUT2D eigenvalue weighted by Gasteiger charge is 2.08. The van der Waals surface area contributed by atoms with Crippen LogP contribution in [0.15, 0.2) is 18.2 Å². The molecule has 2 N–H and O–H groups in total. The highest BCUT2D eigenvalue weighted by atomic mass is 16.5. The third-order valence-corrected chi connectivity index (χ3v) is 3.22. The van der Waals surface area contributed by atoms with Gasteiger partial charge in [-0.2, -0.15) is 0 Å².